The molecule has 0 spiro atoms. The average Bonchev–Trinajstić information content (AvgIpc) is 2.23. The Morgan fingerprint density at radius 2 is 1.25 bits per heavy atom. The van der Waals surface area contributed by atoms with Gasteiger partial charge in [-0.1, -0.05) is 34.8 Å². The highest BCUT2D eigenvalue weighted by Gasteiger charge is 2.37. The predicted octanol–water partition coefficient (Wildman–Crippen LogP) is 3.70. The van der Waals surface area contributed by atoms with Gasteiger partial charge in [0.15, 0.2) is 0 Å². The Morgan fingerprint density at radius 1 is 0.875 bits per heavy atom. The number of rotatable bonds is 4. The van der Waals surface area contributed by atoms with E-state index in [9.17, 15) is 0 Å². The van der Waals surface area contributed by atoms with E-state index in [0.717, 1.165) is 0 Å². The van der Waals surface area contributed by atoms with Gasteiger partial charge in [-0.2, -0.15) is 0 Å². The summed E-state index contributed by atoms with van der Waals surface area (Å²) >= 11 is 17.9. The standard InChI is InChI=1S/C10H11Cl3O3/c1-14-10(15-2,16-3)9-7(12)4-6(11)5-8(9)13/h4-5H,1-3H3. The lowest BCUT2D eigenvalue weighted by atomic mass is 10.2. The Kier molecular flexibility index (Phi) is 4.86. The lowest BCUT2D eigenvalue weighted by Gasteiger charge is -2.30. The minimum atomic E-state index is -1.43. The van der Waals surface area contributed by atoms with Crippen molar-refractivity contribution in [1.82, 2.24) is 0 Å². The number of methoxy groups -OCH3 is 3. The van der Waals surface area contributed by atoms with Crippen LogP contribution in [-0.4, -0.2) is 21.3 Å². The van der Waals surface area contributed by atoms with Crippen LogP contribution in [-0.2, 0) is 20.2 Å². The maximum Gasteiger partial charge on any atom is 0.314 e. The highest BCUT2D eigenvalue weighted by atomic mass is 35.5. The van der Waals surface area contributed by atoms with E-state index in [1.54, 1.807) is 0 Å². The van der Waals surface area contributed by atoms with Gasteiger partial charge in [0.25, 0.3) is 0 Å². The molecular formula is C10H11Cl3O3. The second-order valence-corrected chi connectivity index (χ2v) is 4.16. The first kappa shape index (κ1) is 14.0. The molecule has 0 aliphatic heterocycles. The van der Waals surface area contributed by atoms with Gasteiger partial charge in [0, 0.05) is 26.4 Å². The number of halogens is 3. The molecule has 6 heteroatoms. The van der Waals surface area contributed by atoms with Crippen molar-refractivity contribution < 1.29 is 14.2 Å². The Hall–Kier alpha value is -0.0300. The maximum atomic E-state index is 6.05. The van der Waals surface area contributed by atoms with Gasteiger partial charge in [-0.3, -0.25) is 0 Å². The van der Waals surface area contributed by atoms with Gasteiger partial charge in [-0.15, -0.1) is 0 Å². The molecule has 0 aromatic heterocycles. The van der Waals surface area contributed by atoms with Gasteiger partial charge in [-0.25, -0.2) is 0 Å². The highest BCUT2D eigenvalue weighted by Crippen LogP contribution is 2.39. The van der Waals surface area contributed by atoms with Crippen LogP contribution in [0.5, 0.6) is 0 Å². The van der Waals surface area contributed by atoms with Gasteiger partial charge in [0.05, 0.1) is 15.6 Å². The number of benzene rings is 1. The van der Waals surface area contributed by atoms with Gasteiger partial charge in [-0.05, 0) is 12.1 Å². The smallest absolute Gasteiger partial charge is 0.314 e. The second kappa shape index (κ2) is 5.54. The van der Waals surface area contributed by atoms with Crippen LogP contribution in [0, 0.1) is 0 Å². The zero-order chi connectivity index (χ0) is 12.3. The molecule has 0 radical (unpaired) electrons. The number of ether oxygens (including phenoxy) is 3. The number of hydrogen-bond acceptors (Lipinski definition) is 3. The molecule has 1 aromatic rings. The average molecular weight is 286 g/mol. The van der Waals surface area contributed by atoms with E-state index in [0.29, 0.717) is 20.6 Å². The summed E-state index contributed by atoms with van der Waals surface area (Å²) in [5.74, 6) is -1.43. The molecule has 0 N–H and O–H groups in total. The number of hydrogen-bond donors (Lipinski definition) is 0. The fraction of sp³-hybridized carbons (Fsp3) is 0.400. The predicted molar refractivity (Wildman–Crippen MR) is 64.2 cm³/mol. The van der Waals surface area contributed by atoms with Gasteiger partial charge in [0.1, 0.15) is 0 Å². The minimum Gasteiger partial charge on any atom is -0.327 e. The summed E-state index contributed by atoms with van der Waals surface area (Å²) in [7, 11) is 4.27. The molecule has 1 rings (SSSR count). The molecule has 0 aliphatic carbocycles. The first-order valence-corrected chi connectivity index (χ1v) is 5.44. The summed E-state index contributed by atoms with van der Waals surface area (Å²) in [6.07, 6.45) is 0. The van der Waals surface area contributed by atoms with E-state index in [2.05, 4.69) is 0 Å². The van der Waals surface area contributed by atoms with E-state index in [-0.39, 0.29) is 0 Å². The van der Waals surface area contributed by atoms with Crippen LogP contribution in [0.25, 0.3) is 0 Å². The highest BCUT2D eigenvalue weighted by molar-refractivity contribution is 6.39. The third kappa shape index (κ3) is 2.45. The zero-order valence-electron chi connectivity index (χ0n) is 9.01. The van der Waals surface area contributed by atoms with Gasteiger partial charge in [0.2, 0.25) is 0 Å². The van der Waals surface area contributed by atoms with Crippen LogP contribution < -0.4 is 0 Å². The molecule has 0 atom stereocenters. The van der Waals surface area contributed by atoms with Crippen molar-refractivity contribution in [3.8, 4) is 0 Å². The quantitative estimate of drug-likeness (QED) is 0.790. The Labute approximate surface area is 109 Å². The Bertz CT molecular complexity index is 346. The van der Waals surface area contributed by atoms with Crippen LogP contribution in [0.1, 0.15) is 5.56 Å². The fourth-order valence-corrected chi connectivity index (χ4v) is 2.44. The molecule has 16 heavy (non-hydrogen) atoms. The Balaban J connectivity index is 3.40. The molecular weight excluding hydrogens is 274 g/mol. The molecule has 0 aliphatic rings. The molecule has 0 saturated heterocycles. The van der Waals surface area contributed by atoms with Crippen molar-refractivity contribution in [2.24, 2.45) is 0 Å². The SMILES string of the molecule is COC(OC)(OC)c1c(Cl)cc(Cl)cc1Cl. The first-order chi connectivity index (χ1) is 7.50. The van der Waals surface area contributed by atoms with Crippen LogP contribution in [0.2, 0.25) is 15.1 Å². The fourth-order valence-electron chi connectivity index (χ4n) is 1.39. The third-order valence-corrected chi connectivity index (χ3v) is 2.93. The summed E-state index contributed by atoms with van der Waals surface area (Å²) < 4.78 is 15.5. The summed E-state index contributed by atoms with van der Waals surface area (Å²) in [6.45, 7) is 0. The molecule has 0 saturated carbocycles. The van der Waals surface area contributed by atoms with E-state index in [1.807, 2.05) is 0 Å². The van der Waals surface area contributed by atoms with E-state index in [1.165, 1.54) is 33.5 Å². The van der Waals surface area contributed by atoms with Crippen molar-refractivity contribution in [2.45, 2.75) is 5.97 Å². The lowest BCUT2D eigenvalue weighted by molar-refractivity contribution is -0.364. The molecule has 0 amide bonds. The summed E-state index contributed by atoms with van der Waals surface area (Å²) in [6, 6.07) is 3.08. The van der Waals surface area contributed by atoms with Crippen LogP contribution in [0.15, 0.2) is 12.1 Å². The van der Waals surface area contributed by atoms with E-state index in [4.69, 9.17) is 49.0 Å². The molecule has 1 aromatic carbocycles. The summed E-state index contributed by atoms with van der Waals surface area (Å²) in [5, 5.41) is 1.04. The zero-order valence-corrected chi connectivity index (χ0v) is 11.3. The Morgan fingerprint density at radius 3 is 1.56 bits per heavy atom. The first-order valence-electron chi connectivity index (χ1n) is 4.31. The van der Waals surface area contributed by atoms with Gasteiger partial charge >= 0.3 is 5.97 Å². The van der Waals surface area contributed by atoms with Crippen LogP contribution >= 0.6 is 34.8 Å². The molecule has 90 valence electrons. The van der Waals surface area contributed by atoms with Crippen molar-refractivity contribution in [3.63, 3.8) is 0 Å². The van der Waals surface area contributed by atoms with Gasteiger partial charge < -0.3 is 14.2 Å². The molecule has 3 nitrogen and oxygen atoms in total. The van der Waals surface area contributed by atoms with Crippen molar-refractivity contribution in [2.75, 3.05) is 21.3 Å². The lowest BCUT2D eigenvalue weighted by Crippen LogP contribution is -2.33. The van der Waals surface area contributed by atoms with E-state index >= 15 is 0 Å². The monoisotopic (exact) mass is 284 g/mol. The molecule has 0 heterocycles. The van der Waals surface area contributed by atoms with E-state index < -0.39 is 5.97 Å². The van der Waals surface area contributed by atoms with Crippen LogP contribution in [0.3, 0.4) is 0 Å². The normalized spacial score (nSPS) is 11.9. The maximum absolute atomic E-state index is 6.05. The minimum absolute atomic E-state index is 0.308. The summed E-state index contributed by atoms with van der Waals surface area (Å²) in [5.41, 5.74) is 0.382. The van der Waals surface area contributed by atoms with Crippen molar-refractivity contribution >= 4 is 34.8 Å². The second-order valence-electron chi connectivity index (χ2n) is 2.91. The third-order valence-electron chi connectivity index (χ3n) is 2.12. The van der Waals surface area contributed by atoms with Crippen molar-refractivity contribution in [3.05, 3.63) is 32.8 Å². The van der Waals surface area contributed by atoms with Crippen molar-refractivity contribution in [1.29, 1.82) is 0 Å². The topological polar surface area (TPSA) is 27.7 Å². The molecule has 0 bridgehead atoms. The largest absolute Gasteiger partial charge is 0.327 e. The molecule has 0 fully saturated rings. The molecule has 0 unspecified atom stereocenters. The van der Waals surface area contributed by atoms with Crippen LogP contribution in [0.4, 0.5) is 0 Å². The summed E-state index contributed by atoms with van der Waals surface area (Å²) in [4.78, 5) is 0.